The van der Waals surface area contributed by atoms with Crippen LogP contribution in [0.15, 0.2) is 30.3 Å². The van der Waals surface area contributed by atoms with Crippen molar-refractivity contribution in [3.63, 3.8) is 0 Å². The van der Waals surface area contributed by atoms with Gasteiger partial charge >= 0.3 is 0 Å². The first-order valence-electron chi connectivity index (χ1n) is 6.48. The van der Waals surface area contributed by atoms with Crippen LogP contribution in [0.25, 0.3) is 10.8 Å². The number of amides is 1. The predicted octanol–water partition coefficient (Wildman–Crippen LogP) is 2.95. The van der Waals surface area contributed by atoms with Gasteiger partial charge in [-0.1, -0.05) is 18.2 Å². The SMILES string of the molecule is CCN1C(=O)c2cccc3cc(CC(C)=O)cc1c23. The molecule has 96 valence electrons. The quantitative estimate of drug-likeness (QED) is 0.843. The van der Waals surface area contributed by atoms with Gasteiger partial charge in [0, 0.05) is 23.9 Å². The number of nitrogens with zero attached hydrogens (tertiary/aromatic N) is 1. The summed E-state index contributed by atoms with van der Waals surface area (Å²) >= 11 is 0. The Morgan fingerprint density at radius 1 is 1.26 bits per heavy atom. The second-order valence-corrected chi connectivity index (χ2v) is 4.95. The molecule has 0 atom stereocenters. The lowest BCUT2D eigenvalue weighted by Crippen LogP contribution is -2.26. The molecule has 1 aliphatic heterocycles. The molecule has 3 nitrogen and oxygen atoms in total. The fraction of sp³-hybridized carbons (Fsp3) is 0.250. The van der Waals surface area contributed by atoms with Gasteiger partial charge < -0.3 is 4.90 Å². The lowest BCUT2D eigenvalue weighted by molar-refractivity contribution is -0.116. The van der Waals surface area contributed by atoms with Crippen LogP contribution in [0.5, 0.6) is 0 Å². The predicted molar refractivity (Wildman–Crippen MR) is 75.7 cm³/mol. The van der Waals surface area contributed by atoms with Gasteiger partial charge in [0.15, 0.2) is 0 Å². The number of hydrogen-bond acceptors (Lipinski definition) is 2. The zero-order chi connectivity index (χ0) is 13.6. The molecule has 1 aliphatic rings. The van der Waals surface area contributed by atoms with Crippen LogP contribution >= 0.6 is 0 Å². The minimum Gasteiger partial charge on any atom is -0.308 e. The molecule has 3 rings (SSSR count). The smallest absolute Gasteiger partial charge is 0.258 e. The topological polar surface area (TPSA) is 37.4 Å². The van der Waals surface area contributed by atoms with E-state index >= 15 is 0 Å². The van der Waals surface area contributed by atoms with E-state index in [1.807, 2.05) is 37.3 Å². The van der Waals surface area contributed by atoms with E-state index in [-0.39, 0.29) is 11.7 Å². The van der Waals surface area contributed by atoms with E-state index in [4.69, 9.17) is 0 Å². The fourth-order valence-electron chi connectivity index (χ4n) is 2.81. The highest BCUT2D eigenvalue weighted by Gasteiger charge is 2.28. The number of hydrogen-bond donors (Lipinski definition) is 0. The van der Waals surface area contributed by atoms with Crippen molar-refractivity contribution in [2.24, 2.45) is 0 Å². The van der Waals surface area contributed by atoms with Crippen LogP contribution in [-0.2, 0) is 11.2 Å². The molecule has 2 aromatic carbocycles. The Morgan fingerprint density at radius 3 is 2.74 bits per heavy atom. The first-order chi connectivity index (χ1) is 9.11. The molecule has 0 radical (unpaired) electrons. The second kappa shape index (κ2) is 4.19. The molecular formula is C16H15NO2. The molecule has 2 aromatic rings. The number of carbonyl (C=O) groups excluding carboxylic acids is 2. The van der Waals surface area contributed by atoms with Gasteiger partial charge in [0.25, 0.3) is 5.91 Å². The third-order valence-corrected chi connectivity index (χ3v) is 3.55. The molecule has 0 saturated heterocycles. The van der Waals surface area contributed by atoms with E-state index in [0.29, 0.717) is 13.0 Å². The van der Waals surface area contributed by atoms with E-state index in [0.717, 1.165) is 27.6 Å². The summed E-state index contributed by atoms with van der Waals surface area (Å²) in [5, 5.41) is 2.05. The lowest BCUT2D eigenvalue weighted by atomic mass is 10.0. The van der Waals surface area contributed by atoms with Gasteiger partial charge in [-0.05, 0) is 36.9 Å². The van der Waals surface area contributed by atoms with E-state index in [9.17, 15) is 9.59 Å². The summed E-state index contributed by atoms with van der Waals surface area (Å²) in [7, 11) is 0. The molecule has 19 heavy (non-hydrogen) atoms. The Kier molecular flexibility index (Phi) is 2.63. The molecule has 0 spiro atoms. The molecule has 1 heterocycles. The molecule has 0 saturated carbocycles. The van der Waals surface area contributed by atoms with E-state index in [2.05, 4.69) is 0 Å². The van der Waals surface area contributed by atoms with Gasteiger partial charge in [0.1, 0.15) is 5.78 Å². The van der Waals surface area contributed by atoms with Crippen LogP contribution in [-0.4, -0.2) is 18.2 Å². The zero-order valence-electron chi connectivity index (χ0n) is 11.1. The summed E-state index contributed by atoms with van der Waals surface area (Å²) < 4.78 is 0. The molecule has 0 unspecified atom stereocenters. The standard InChI is InChI=1S/C16H15NO2/c1-3-17-14-9-11(7-10(2)18)8-12-5-4-6-13(15(12)14)16(17)19/h4-6,8-9H,3,7H2,1-2H3. The molecule has 1 amide bonds. The summed E-state index contributed by atoms with van der Waals surface area (Å²) in [6.45, 7) is 4.20. The van der Waals surface area contributed by atoms with Crippen LogP contribution in [0.2, 0.25) is 0 Å². The monoisotopic (exact) mass is 253 g/mol. The minimum atomic E-state index is 0.0584. The number of anilines is 1. The average Bonchev–Trinajstić information content (AvgIpc) is 2.63. The molecular weight excluding hydrogens is 238 g/mol. The largest absolute Gasteiger partial charge is 0.308 e. The van der Waals surface area contributed by atoms with Gasteiger partial charge in [0.05, 0.1) is 5.69 Å². The maximum atomic E-state index is 12.3. The summed E-state index contributed by atoms with van der Waals surface area (Å²) in [5.74, 6) is 0.193. The van der Waals surface area contributed by atoms with Crippen molar-refractivity contribution < 1.29 is 9.59 Å². The van der Waals surface area contributed by atoms with Crippen molar-refractivity contribution in [2.45, 2.75) is 20.3 Å². The highest BCUT2D eigenvalue weighted by Crippen LogP contribution is 2.38. The summed E-state index contributed by atoms with van der Waals surface area (Å²) in [6.07, 6.45) is 0.416. The number of Topliss-reactive ketones (excluding diaryl/α,β-unsaturated/α-hetero) is 1. The summed E-state index contributed by atoms with van der Waals surface area (Å²) in [5.41, 5.74) is 2.68. The van der Waals surface area contributed by atoms with Crippen molar-refractivity contribution in [3.05, 3.63) is 41.5 Å². The summed E-state index contributed by atoms with van der Waals surface area (Å²) in [6, 6.07) is 9.75. The number of benzene rings is 2. The highest BCUT2D eigenvalue weighted by molar-refractivity contribution is 6.25. The van der Waals surface area contributed by atoms with Crippen molar-refractivity contribution in [1.82, 2.24) is 0 Å². The third kappa shape index (κ3) is 1.73. The van der Waals surface area contributed by atoms with Gasteiger partial charge in [-0.25, -0.2) is 0 Å². The van der Waals surface area contributed by atoms with Gasteiger partial charge in [-0.3, -0.25) is 9.59 Å². The Morgan fingerprint density at radius 2 is 2.05 bits per heavy atom. The van der Waals surface area contributed by atoms with Crippen molar-refractivity contribution in [2.75, 3.05) is 11.4 Å². The number of ketones is 1. The van der Waals surface area contributed by atoms with Crippen molar-refractivity contribution in [1.29, 1.82) is 0 Å². The molecule has 3 heteroatoms. The van der Waals surface area contributed by atoms with Crippen LogP contribution in [0.3, 0.4) is 0 Å². The molecule has 0 fully saturated rings. The van der Waals surface area contributed by atoms with E-state index < -0.39 is 0 Å². The van der Waals surface area contributed by atoms with Crippen LogP contribution in [0.4, 0.5) is 5.69 Å². The Hall–Kier alpha value is -2.16. The van der Waals surface area contributed by atoms with Crippen LogP contribution < -0.4 is 4.90 Å². The Balaban J connectivity index is 2.27. The molecule has 0 aliphatic carbocycles. The minimum absolute atomic E-state index is 0.0584. The first kappa shape index (κ1) is 11.9. The Labute approximate surface area is 111 Å². The van der Waals surface area contributed by atoms with Crippen LogP contribution in [0, 0.1) is 0 Å². The van der Waals surface area contributed by atoms with Crippen molar-refractivity contribution >= 4 is 28.2 Å². The van der Waals surface area contributed by atoms with Crippen LogP contribution in [0.1, 0.15) is 29.8 Å². The van der Waals surface area contributed by atoms with E-state index in [1.54, 1.807) is 11.8 Å². The maximum absolute atomic E-state index is 12.3. The average molecular weight is 253 g/mol. The van der Waals surface area contributed by atoms with Gasteiger partial charge in [-0.15, -0.1) is 0 Å². The maximum Gasteiger partial charge on any atom is 0.258 e. The van der Waals surface area contributed by atoms with Crippen molar-refractivity contribution in [3.8, 4) is 0 Å². The van der Waals surface area contributed by atoms with E-state index in [1.165, 1.54) is 0 Å². The number of carbonyl (C=O) groups is 2. The molecule has 0 N–H and O–H groups in total. The highest BCUT2D eigenvalue weighted by atomic mass is 16.2. The first-order valence-corrected chi connectivity index (χ1v) is 6.48. The normalized spacial score (nSPS) is 13.4. The fourth-order valence-corrected chi connectivity index (χ4v) is 2.81. The third-order valence-electron chi connectivity index (χ3n) is 3.55. The Bertz CT molecular complexity index is 703. The zero-order valence-corrected chi connectivity index (χ0v) is 11.1. The molecule has 0 aromatic heterocycles. The van der Waals surface area contributed by atoms with Gasteiger partial charge in [0.2, 0.25) is 0 Å². The lowest BCUT2D eigenvalue weighted by Gasteiger charge is -2.15. The second-order valence-electron chi connectivity index (χ2n) is 4.95. The molecule has 0 bridgehead atoms. The number of rotatable bonds is 3. The summed E-state index contributed by atoms with van der Waals surface area (Å²) in [4.78, 5) is 25.4. The van der Waals surface area contributed by atoms with Gasteiger partial charge in [-0.2, -0.15) is 0 Å².